The third-order valence-electron chi connectivity index (χ3n) is 4.38. The Labute approximate surface area is 124 Å². The van der Waals surface area contributed by atoms with E-state index in [1.807, 2.05) is 6.92 Å². The molecule has 3 unspecified atom stereocenters. The highest BCUT2D eigenvalue weighted by molar-refractivity contribution is 9.10. The van der Waals surface area contributed by atoms with Gasteiger partial charge in [0.15, 0.2) is 0 Å². The lowest BCUT2D eigenvalue weighted by molar-refractivity contribution is 0.345. The van der Waals surface area contributed by atoms with Crippen LogP contribution in [0.15, 0.2) is 4.47 Å². The average molecular weight is 329 g/mol. The molecule has 0 aromatic carbocycles. The minimum Gasteiger partial charge on any atom is -0.271 e. The van der Waals surface area contributed by atoms with Crippen LogP contribution in [0.1, 0.15) is 44.5 Å². The average Bonchev–Trinajstić information content (AvgIpc) is 2.93. The number of nitrogens with one attached hydrogen (secondary N) is 1. The van der Waals surface area contributed by atoms with Gasteiger partial charge in [-0.2, -0.15) is 5.10 Å². The summed E-state index contributed by atoms with van der Waals surface area (Å²) in [6.07, 6.45) is 4.85. The zero-order valence-corrected chi connectivity index (χ0v) is 13.7. The van der Waals surface area contributed by atoms with Gasteiger partial charge in [-0.15, -0.1) is 0 Å². The maximum absolute atomic E-state index is 5.80. The number of hydrazine groups is 1. The molecule has 4 nitrogen and oxygen atoms in total. The molecule has 0 bridgehead atoms. The molecular formula is C14H25BrN4. The molecule has 19 heavy (non-hydrogen) atoms. The standard InChI is InChI=1S/C14H25BrN4/c1-4-19-13(14(15)10(3)18-19)8-12(17-16)11-6-5-9(2)7-11/h9,11-12,17H,4-8,16H2,1-3H3. The van der Waals surface area contributed by atoms with E-state index in [-0.39, 0.29) is 0 Å². The monoisotopic (exact) mass is 328 g/mol. The molecule has 5 heteroatoms. The first-order valence-corrected chi connectivity index (χ1v) is 8.04. The largest absolute Gasteiger partial charge is 0.271 e. The van der Waals surface area contributed by atoms with Gasteiger partial charge in [-0.3, -0.25) is 16.0 Å². The predicted octanol–water partition coefficient (Wildman–Crippen LogP) is 2.78. The van der Waals surface area contributed by atoms with E-state index in [2.05, 4.69) is 45.0 Å². The van der Waals surface area contributed by atoms with E-state index in [0.717, 1.165) is 29.1 Å². The molecule has 0 radical (unpaired) electrons. The lowest BCUT2D eigenvalue weighted by Gasteiger charge is -2.23. The molecule has 3 N–H and O–H groups in total. The molecule has 1 heterocycles. The number of aryl methyl sites for hydroxylation is 2. The summed E-state index contributed by atoms with van der Waals surface area (Å²) < 4.78 is 3.22. The van der Waals surface area contributed by atoms with Gasteiger partial charge in [-0.05, 0) is 54.5 Å². The number of halogens is 1. The smallest absolute Gasteiger partial charge is 0.0738 e. The van der Waals surface area contributed by atoms with Crippen molar-refractivity contribution in [2.45, 2.75) is 59.0 Å². The van der Waals surface area contributed by atoms with Crippen molar-refractivity contribution in [3.8, 4) is 0 Å². The molecule has 2 rings (SSSR count). The van der Waals surface area contributed by atoms with E-state index in [1.165, 1.54) is 25.0 Å². The second-order valence-corrected chi connectivity index (χ2v) is 6.61. The highest BCUT2D eigenvalue weighted by Gasteiger charge is 2.29. The zero-order valence-electron chi connectivity index (χ0n) is 12.1. The van der Waals surface area contributed by atoms with Gasteiger partial charge >= 0.3 is 0 Å². The van der Waals surface area contributed by atoms with Crippen LogP contribution in [0.5, 0.6) is 0 Å². The van der Waals surface area contributed by atoms with Crippen LogP contribution in [0.3, 0.4) is 0 Å². The number of rotatable bonds is 5. The number of aromatic nitrogens is 2. The van der Waals surface area contributed by atoms with Crippen molar-refractivity contribution in [3.63, 3.8) is 0 Å². The fourth-order valence-electron chi connectivity index (χ4n) is 3.25. The number of nitrogens with zero attached hydrogens (tertiary/aromatic N) is 2. The maximum Gasteiger partial charge on any atom is 0.0738 e. The molecular weight excluding hydrogens is 304 g/mol. The Morgan fingerprint density at radius 3 is 2.79 bits per heavy atom. The molecule has 1 aliphatic rings. The number of hydrogen-bond acceptors (Lipinski definition) is 3. The topological polar surface area (TPSA) is 55.9 Å². The van der Waals surface area contributed by atoms with Crippen molar-refractivity contribution >= 4 is 15.9 Å². The summed E-state index contributed by atoms with van der Waals surface area (Å²) in [4.78, 5) is 0. The van der Waals surface area contributed by atoms with Gasteiger partial charge in [0.2, 0.25) is 0 Å². The SMILES string of the molecule is CCn1nc(C)c(Br)c1CC(NN)C1CCC(C)C1. The normalized spacial score (nSPS) is 24.9. The van der Waals surface area contributed by atoms with Crippen LogP contribution in [-0.4, -0.2) is 15.8 Å². The molecule has 0 saturated heterocycles. The molecule has 0 spiro atoms. The van der Waals surface area contributed by atoms with Gasteiger partial charge in [0.1, 0.15) is 0 Å². The summed E-state index contributed by atoms with van der Waals surface area (Å²) in [5, 5.41) is 4.56. The van der Waals surface area contributed by atoms with Crippen molar-refractivity contribution in [2.75, 3.05) is 0 Å². The Balaban J connectivity index is 2.14. The molecule has 1 fully saturated rings. The molecule has 1 aromatic heterocycles. The van der Waals surface area contributed by atoms with Gasteiger partial charge in [0, 0.05) is 19.0 Å². The van der Waals surface area contributed by atoms with Crippen molar-refractivity contribution in [1.29, 1.82) is 0 Å². The van der Waals surface area contributed by atoms with Gasteiger partial charge < -0.3 is 0 Å². The van der Waals surface area contributed by atoms with Crippen molar-refractivity contribution < 1.29 is 0 Å². The summed E-state index contributed by atoms with van der Waals surface area (Å²) in [5.41, 5.74) is 5.37. The van der Waals surface area contributed by atoms with Gasteiger partial charge in [0.05, 0.1) is 15.9 Å². The Morgan fingerprint density at radius 1 is 1.53 bits per heavy atom. The van der Waals surface area contributed by atoms with E-state index >= 15 is 0 Å². The number of hydrogen-bond donors (Lipinski definition) is 2. The maximum atomic E-state index is 5.80. The second-order valence-electron chi connectivity index (χ2n) is 5.82. The van der Waals surface area contributed by atoms with E-state index in [0.29, 0.717) is 12.0 Å². The van der Waals surface area contributed by atoms with Crippen LogP contribution in [0.2, 0.25) is 0 Å². The molecule has 3 atom stereocenters. The van der Waals surface area contributed by atoms with Crippen LogP contribution in [0.25, 0.3) is 0 Å². The lowest BCUT2D eigenvalue weighted by atomic mass is 9.93. The lowest BCUT2D eigenvalue weighted by Crippen LogP contribution is -2.42. The summed E-state index contributed by atoms with van der Waals surface area (Å²) >= 11 is 3.67. The highest BCUT2D eigenvalue weighted by Crippen LogP contribution is 2.34. The number of nitrogens with two attached hydrogens (primary N) is 1. The molecule has 0 aliphatic heterocycles. The first kappa shape index (κ1) is 15.0. The predicted molar refractivity (Wildman–Crippen MR) is 81.7 cm³/mol. The molecule has 1 aromatic rings. The third-order valence-corrected chi connectivity index (χ3v) is 5.42. The first-order chi connectivity index (χ1) is 9.06. The quantitative estimate of drug-likeness (QED) is 0.645. The third kappa shape index (κ3) is 3.20. The van der Waals surface area contributed by atoms with E-state index in [4.69, 9.17) is 5.84 Å². The molecule has 0 amide bonds. The molecule has 1 saturated carbocycles. The van der Waals surface area contributed by atoms with Gasteiger partial charge in [0.25, 0.3) is 0 Å². The summed E-state index contributed by atoms with van der Waals surface area (Å²) in [5.74, 6) is 7.32. The fourth-order valence-corrected chi connectivity index (χ4v) is 3.70. The molecule has 108 valence electrons. The zero-order chi connectivity index (χ0) is 14.0. The van der Waals surface area contributed by atoms with Crippen molar-refractivity contribution in [2.24, 2.45) is 17.7 Å². The van der Waals surface area contributed by atoms with Crippen LogP contribution in [0.4, 0.5) is 0 Å². The van der Waals surface area contributed by atoms with Crippen LogP contribution >= 0.6 is 15.9 Å². The minimum atomic E-state index is 0.350. The van der Waals surface area contributed by atoms with E-state index in [1.54, 1.807) is 0 Å². The summed E-state index contributed by atoms with van der Waals surface area (Å²) in [7, 11) is 0. The fraction of sp³-hybridized carbons (Fsp3) is 0.786. The van der Waals surface area contributed by atoms with Crippen molar-refractivity contribution in [3.05, 3.63) is 15.9 Å². The Bertz CT molecular complexity index is 429. The van der Waals surface area contributed by atoms with E-state index in [9.17, 15) is 0 Å². The molecule has 1 aliphatic carbocycles. The first-order valence-electron chi connectivity index (χ1n) is 7.24. The van der Waals surface area contributed by atoms with E-state index < -0.39 is 0 Å². The van der Waals surface area contributed by atoms with Crippen LogP contribution < -0.4 is 11.3 Å². The second kappa shape index (κ2) is 6.37. The summed E-state index contributed by atoms with van der Waals surface area (Å²) in [6, 6.07) is 0.350. The van der Waals surface area contributed by atoms with Crippen molar-refractivity contribution in [1.82, 2.24) is 15.2 Å². The Kier molecular flexibility index (Phi) is 5.03. The Morgan fingerprint density at radius 2 is 2.26 bits per heavy atom. The Hall–Kier alpha value is -0.390. The van der Waals surface area contributed by atoms with Crippen LogP contribution in [-0.2, 0) is 13.0 Å². The van der Waals surface area contributed by atoms with Gasteiger partial charge in [-0.25, -0.2) is 0 Å². The summed E-state index contributed by atoms with van der Waals surface area (Å²) in [6.45, 7) is 7.41. The van der Waals surface area contributed by atoms with Gasteiger partial charge in [-0.1, -0.05) is 13.3 Å². The van der Waals surface area contributed by atoms with Crippen LogP contribution in [0, 0.1) is 18.8 Å². The minimum absolute atomic E-state index is 0.350. The highest BCUT2D eigenvalue weighted by atomic mass is 79.9.